The highest BCUT2D eigenvalue weighted by Crippen LogP contribution is 2.29. The molecule has 1 aromatic heterocycles. The van der Waals surface area contributed by atoms with Crippen molar-refractivity contribution in [2.24, 2.45) is 5.92 Å². The van der Waals surface area contributed by atoms with Crippen molar-refractivity contribution in [2.45, 2.75) is 32.5 Å². The Balaban J connectivity index is 2.19. The zero-order chi connectivity index (χ0) is 18.4. The second-order valence-corrected chi connectivity index (χ2v) is 6.17. The van der Waals surface area contributed by atoms with Gasteiger partial charge in [0.2, 0.25) is 0 Å². The van der Waals surface area contributed by atoms with Crippen molar-refractivity contribution in [3.8, 4) is 5.75 Å². The molecule has 2 N–H and O–H groups in total. The van der Waals surface area contributed by atoms with E-state index in [2.05, 4.69) is 20.0 Å². The van der Waals surface area contributed by atoms with Crippen LogP contribution in [0.2, 0.25) is 0 Å². The zero-order valence-corrected chi connectivity index (χ0v) is 15.2. The zero-order valence-electron chi connectivity index (χ0n) is 14.1. The van der Waals surface area contributed by atoms with Crippen molar-refractivity contribution < 1.29 is 13.5 Å². The first kappa shape index (κ1) is 19.2. The van der Waals surface area contributed by atoms with Gasteiger partial charge >= 0.3 is 5.85 Å². The summed E-state index contributed by atoms with van der Waals surface area (Å²) in [5, 5.41) is 11.5. The summed E-state index contributed by atoms with van der Waals surface area (Å²) in [5.41, 5.74) is 1.56. The maximum Gasteiger partial charge on any atom is 0.408 e. The Kier molecular flexibility index (Phi) is 6.37. The molecule has 1 aromatic carbocycles. The van der Waals surface area contributed by atoms with Crippen LogP contribution in [-0.4, -0.2) is 21.5 Å². The smallest absolute Gasteiger partial charge is 0.408 e. The highest BCUT2D eigenvalue weighted by Gasteiger charge is 2.23. The number of hydrogen-bond donors (Lipinski definition) is 2. The van der Waals surface area contributed by atoms with Gasteiger partial charge in [0.05, 0.1) is 5.71 Å². The Hall–Kier alpha value is -2.14. The SMILES string of the molecule is CCC(CC)C(=N)c1nccnc1Nc1ccc(OC(F)(F)P)cc1. The molecule has 0 bridgehead atoms. The average Bonchev–Trinajstić information content (AvgIpc) is 2.57. The van der Waals surface area contributed by atoms with Crippen molar-refractivity contribution in [1.82, 2.24) is 9.97 Å². The van der Waals surface area contributed by atoms with Crippen LogP contribution >= 0.6 is 9.24 Å². The number of rotatable bonds is 8. The lowest BCUT2D eigenvalue weighted by Gasteiger charge is -2.17. The first-order chi connectivity index (χ1) is 11.8. The minimum absolute atomic E-state index is 0.0506. The highest BCUT2D eigenvalue weighted by molar-refractivity contribution is 7.17. The van der Waals surface area contributed by atoms with Crippen LogP contribution in [0.15, 0.2) is 36.7 Å². The molecule has 0 amide bonds. The summed E-state index contributed by atoms with van der Waals surface area (Å²) in [6.07, 6.45) is 4.79. The van der Waals surface area contributed by atoms with E-state index in [0.29, 0.717) is 22.9 Å². The van der Waals surface area contributed by atoms with Gasteiger partial charge in [-0.2, -0.15) is 8.78 Å². The third kappa shape index (κ3) is 5.43. The summed E-state index contributed by atoms with van der Waals surface area (Å²) in [6.45, 7) is 4.07. The molecule has 1 atom stereocenters. The van der Waals surface area contributed by atoms with E-state index < -0.39 is 5.85 Å². The largest absolute Gasteiger partial charge is 0.430 e. The van der Waals surface area contributed by atoms with Crippen LogP contribution in [0.3, 0.4) is 0 Å². The summed E-state index contributed by atoms with van der Waals surface area (Å²) >= 11 is 0. The number of halogens is 2. The van der Waals surface area contributed by atoms with E-state index >= 15 is 0 Å². The van der Waals surface area contributed by atoms with Gasteiger partial charge in [-0.1, -0.05) is 13.8 Å². The molecule has 0 aliphatic heterocycles. The minimum atomic E-state index is -3.31. The number of nitrogens with zero attached hydrogens (tertiary/aromatic N) is 2. The summed E-state index contributed by atoms with van der Waals surface area (Å²) in [5.74, 6) is -2.69. The van der Waals surface area contributed by atoms with Crippen molar-refractivity contribution in [3.05, 3.63) is 42.4 Å². The molecule has 0 fully saturated rings. The Morgan fingerprint density at radius 2 is 1.80 bits per heavy atom. The van der Waals surface area contributed by atoms with Crippen molar-refractivity contribution in [1.29, 1.82) is 5.41 Å². The van der Waals surface area contributed by atoms with E-state index in [1.165, 1.54) is 21.4 Å². The van der Waals surface area contributed by atoms with Gasteiger partial charge in [0, 0.05) is 24.0 Å². The number of hydrogen-bond acceptors (Lipinski definition) is 5. The number of ether oxygens (including phenoxy) is 1. The number of aromatic nitrogens is 2. The van der Waals surface area contributed by atoms with Gasteiger partial charge in [0.25, 0.3) is 0 Å². The molecule has 8 heteroatoms. The molecule has 134 valence electrons. The van der Waals surface area contributed by atoms with Gasteiger partial charge in [0.1, 0.15) is 11.4 Å². The van der Waals surface area contributed by atoms with Crippen LogP contribution in [0.25, 0.3) is 0 Å². The van der Waals surface area contributed by atoms with E-state index in [1.807, 2.05) is 13.8 Å². The molecule has 0 aliphatic rings. The van der Waals surface area contributed by atoms with Gasteiger partial charge < -0.3 is 15.5 Å². The lowest BCUT2D eigenvalue weighted by atomic mass is 9.95. The van der Waals surface area contributed by atoms with Crippen LogP contribution in [0.5, 0.6) is 5.75 Å². The summed E-state index contributed by atoms with van der Waals surface area (Å²) in [6, 6.07) is 6.07. The Morgan fingerprint density at radius 3 is 2.36 bits per heavy atom. The van der Waals surface area contributed by atoms with Crippen LogP contribution < -0.4 is 10.1 Å². The lowest BCUT2D eigenvalue weighted by Crippen LogP contribution is -2.17. The third-order valence-corrected chi connectivity index (χ3v) is 3.84. The summed E-state index contributed by atoms with van der Waals surface area (Å²) < 4.78 is 30.1. The van der Waals surface area contributed by atoms with E-state index in [9.17, 15) is 8.78 Å². The molecule has 0 saturated carbocycles. The predicted octanol–water partition coefficient (Wildman–Crippen LogP) is 4.83. The number of alkyl halides is 2. The second kappa shape index (κ2) is 8.30. The molecule has 5 nitrogen and oxygen atoms in total. The van der Waals surface area contributed by atoms with Crippen LogP contribution in [0, 0.1) is 11.3 Å². The highest BCUT2D eigenvalue weighted by atomic mass is 31.0. The molecule has 1 heterocycles. The third-order valence-electron chi connectivity index (χ3n) is 3.72. The number of anilines is 2. The predicted molar refractivity (Wildman–Crippen MR) is 97.9 cm³/mol. The average molecular weight is 366 g/mol. The molecule has 2 aromatic rings. The number of benzene rings is 1. The topological polar surface area (TPSA) is 70.9 Å². The first-order valence-corrected chi connectivity index (χ1v) is 8.54. The molecule has 0 aliphatic carbocycles. The molecule has 0 saturated heterocycles. The Labute approximate surface area is 147 Å². The fraction of sp³-hybridized carbons (Fsp3) is 0.353. The van der Waals surface area contributed by atoms with Crippen LogP contribution in [0.4, 0.5) is 20.3 Å². The van der Waals surface area contributed by atoms with Gasteiger partial charge in [0.15, 0.2) is 5.82 Å². The van der Waals surface area contributed by atoms with Crippen molar-refractivity contribution >= 4 is 26.5 Å². The maximum atomic E-state index is 12.8. The molecule has 25 heavy (non-hydrogen) atoms. The van der Waals surface area contributed by atoms with Gasteiger partial charge in [-0.3, -0.25) is 0 Å². The monoisotopic (exact) mass is 366 g/mol. The maximum absolute atomic E-state index is 12.8. The molecular weight excluding hydrogens is 345 g/mol. The van der Waals surface area contributed by atoms with E-state index in [4.69, 9.17) is 5.41 Å². The summed E-state index contributed by atoms with van der Waals surface area (Å²) in [4.78, 5) is 8.54. The molecule has 0 radical (unpaired) electrons. The van der Waals surface area contributed by atoms with Crippen LogP contribution in [0.1, 0.15) is 32.4 Å². The number of nitrogens with one attached hydrogen (secondary N) is 2. The molecule has 1 unspecified atom stereocenters. The Bertz CT molecular complexity index is 715. The summed E-state index contributed by atoms with van der Waals surface area (Å²) in [7, 11) is 1.33. The normalized spacial score (nSPS) is 11.4. The lowest BCUT2D eigenvalue weighted by molar-refractivity contribution is -0.0892. The fourth-order valence-electron chi connectivity index (χ4n) is 2.42. The standard InChI is InChI=1S/C17H21F2N4OP/c1-3-11(4-2)14(20)15-16(22-10-9-21-15)23-12-5-7-13(8-6-12)24-17(18,19)25/h5-11,20H,3-4,25H2,1-2H3,(H,22,23). The first-order valence-electron chi connectivity index (χ1n) is 7.96. The van der Waals surface area contributed by atoms with Gasteiger partial charge in [-0.05, 0) is 46.3 Å². The minimum Gasteiger partial charge on any atom is -0.430 e. The van der Waals surface area contributed by atoms with Crippen molar-refractivity contribution in [2.75, 3.05) is 5.32 Å². The molecular formula is C17H21F2N4OP. The van der Waals surface area contributed by atoms with Gasteiger partial charge in [-0.15, -0.1) is 0 Å². The van der Waals surface area contributed by atoms with E-state index in [0.717, 1.165) is 12.8 Å². The molecule has 0 spiro atoms. The van der Waals surface area contributed by atoms with E-state index in [-0.39, 0.29) is 11.7 Å². The second-order valence-electron chi connectivity index (χ2n) is 5.49. The van der Waals surface area contributed by atoms with Crippen LogP contribution in [-0.2, 0) is 0 Å². The Morgan fingerprint density at radius 1 is 1.20 bits per heavy atom. The van der Waals surface area contributed by atoms with E-state index in [1.54, 1.807) is 24.5 Å². The molecule has 2 rings (SSSR count). The van der Waals surface area contributed by atoms with Gasteiger partial charge in [-0.25, -0.2) is 9.97 Å². The fourth-order valence-corrected chi connectivity index (χ4v) is 2.55. The van der Waals surface area contributed by atoms with Crippen molar-refractivity contribution in [3.63, 3.8) is 0 Å². The quantitative estimate of drug-likeness (QED) is 0.519.